The van der Waals surface area contributed by atoms with Gasteiger partial charge in [0.05, 0.1) is 0 Å². The second kappa shape index (κ2) is 8.63. The van der Waals surface area contributed by atoms with Gasteiger partial charge >= 0.3 is 0 Å². The third-order valence-corrected chi connectivity index (χ3v) is 6.46. The average Bonchev–Trinajstić information content (AvgIpc) is 2.92. The van der Waals surface area contributed by atoms with Crippen molar-refractivity contribution in [1.29, 1.82) is 0 Å². The van der Waals surface area contributed by atoms with Gasteiger partial charge in [0, 0.05) is 57.8 Å². The van der Waals surface area contributed by atoms with E-state index in [9.17, 15) is 4.79 Å². The van der Waals surface area contributed by atoms with Gasteiger partial charge < -0.3 is 10.2 Å². The summed E-state index contributed by atoms with van der Waals surface area (Å²) < 4.78 is 0. The van der Waals surface area contributed by atoms with Crippen molar-refractivity contribution in [3.05, 3.63) is 0 Å². The number of hydrogen-bond donors (Lipinski definition) is 1. The average molecular weight is 337 g/mol. The Morgan fingerprint density at radius 1 is 0.917 bits per heavy atom. The zero-order chi connectivity index (χ0) is 16.9. The van der Waals surface area contributed by atoms with Gasteiger partial charge in [0.15, 0.2) is 0 Å². The lowest BCUT2D eigenvalue weighted by molar-refractivity contribution is -0.134. The molecule has 0 saturated carbocycles. The molecule has 1 amide bonds. The molecule has 0 spiro atoms. The number of rotatable bonds is 5. The first-order valence-electron chi connectivity index (χ1n) is 10.1. The van der Waals surface area contributed by atoms with E-state index in [-0.39, 0.29) is 0 Å². The highest BCUT2D eigenvalue weighted by atomic mass is 16.2. The fourth-order valence-electron chi connectivity index (χ4n) is 4.63. The highest BCUT2D eigenvalue weighted by Gasteiger charge is 2.28. The maximum atomic E-state index is 12.5. The molecule has 3 fully saturated rings. The lowest BCUT2D eigenvalue weighted by Gasteiger charge is -2.37. The van der Waals surface area contributed by atoms with Gasteiger partial charge in [0.25, 0.3) is 0 Å². The van der Waals surface area contributed by atoms with E-state index in [2.05, 4.69) is 33.9 Å². The number of carbonyl (C=O) groups is 1. The van der Waals surface area contributed by atoms with Gasteiger partial charge in [-0.2, -0.15) is 0 Å². The number of carbonyl (C=O) groups excluding carboxylic acids is 1. The summed E-state index contributed by atoms with van der Waals surface area (Å²) in [5.74, 6) is 0.998. The maximum Gasteiger partial charge on any atom is 0.222 e. The summed E-state index contributed by atoms with van der Waals surface area (Å²) >= 11 is 0. The molecule has 1 N–H and O–H groups in total. The molecule has 3 rings (SSSR count). The largest absolute Gasteiger partial charge is 0.340 e. The SMILES string of the molecule is C[C@@H]1CC[C@@H](C)N1CCN1CCN(C(=O)CC2CCNCC2)CC1. The summed E-state index contributed by atoms with van der Waals surface area (Å²) in [6.45, 7) is 13.2. The van der Waals surface area contributed by atoms with Crippen LogP contribution in [-0.2, 0) is 4.79 Å². The van der Waals surface area contributed by atoms with Gasteiger partial charge in [0.2, 0.25) is 5.91 Å². The molecule has 3 heterocycles. The first kappa shape index (κ1) is 18.2. The van der Waals surface area contributed by atoms with Crippen molar-refractivity contribution in [2.75, 3.05) is 52.4 Å². The van der Waals surface area contributed by atoms with E-state index in [1.807, 2.05) is 0 Å². The van der Waals surface area contributed by atoms with Crippen molar-refractivity contribution in [2.24, 2.45) is 5.92 Å². The number of nitrogens with zero attached hydrogens (tertiary/aromatic N) is 3. The molecule has 138 valence electrons. The molecule has 0 aromatic rings. The fourth-order valence-corrected chi connectivity index (χ4v) is 4.63. The minimum atomic E-state index is 0.392. The normalized spacial score (nSPS) is 30.8. The van der Waals surface area contributed by atoms with Crippen LogP contribution in [-0.4, -0.2) is 85.0 Å². The Morgan fingerprint density at radius 2 is 1.54 bits per heavy atom. The van der Waals surface area contributed by atoms with Crippen molar-refractivity contribution in [3.63, 3.8) is 0 Å². The number of piperidine rings is 1. The van der Waals surface area contributed by atoms with Crippen LogP contribution in [0, 0.1) is 5.92 Å². The van der Waals surface area contributed by atoms with Crippen molar-refractivity contribution in [3.8, 4) is 0 Å². The van der Waals surface area contributed by atoms with E-state index in [1.165, 1.54) is 19.4 Å². The second-order valence-corrected chi connectivity index (χ2v) is 8.13. The summed E-state index contributed by atoms with van der Waals surface area (Å²) in [5, 5.41) is 3.38. The van der Waals surface area contributed by atoms with Gasteiger partial charge in [-0.3, -0.25) is 14.6 Å². The number of likely N-dealkylation sites (tertiary alicyclic amines) is 1. The van der Waals surface area contributed by atoms with E-state index in [0.717, 1.165) is 77.2 Å². The topological polar surface area (TPSA) is 38.8 Å². The zero-order valence-corrected chi connectivity index (χ0v) is 15.7. The smallest absolute Gasteiger partial charge is 0.222 e. The van der Waals surface area contributed by atoms with Crippen LogP contribution in [0.4, 0.5) is 0 Å². The molecular weight excluding hydrogens is 300 g/mol. The quantitative estimate of drug-likeness (QED) is 0.824. The van der Waals surface area contributed by atoms with Crippen LogP contribution < -0.4 is 5.32 Å². The lowest BCUT2D eigenvalue weighted by Crippen LogP contribution is -2.51. The predicted octanol–water partition coefficient (Wildman–Crippen LogP) is 1.39. The van der Waals surface area contributed by atoms with Crippen LogP contribution in [0.1, 0.15) is 46.0 Å². The standard InChI is InChI=1S/C19H36N4O/c1-16-3-4-17(2)23(16)14-11-21-9-12-22(13-10-21)19(24)15-18-5-7-20-8-6-18/h16-18,20H,3-15H2,1-2H3/t16-,17-/m1/s1. The van der Waals surface area contributed by atoms with E-state index in [4.69, 9.17) is 0 Å². The van der Waals surface area contributed by atoms with E-state index in [1.54, 1.807) is 0 Å². The Hall–Kier alpha value is -0.650. The number of amides is 1. The highest BCUT2D eigenvalue weighted by Crippen LogP contribution is 2.23. The molecule has 3 saturated heterocycles. The molecule has 3 aliphatic heterocycles. The molecule has 5 heteroatoms. The predicted molar refractivity (Wildman–Crippen MR) is 98.1 cm³/mol. The molecule has 0 aromatic carbocycles. The van der Waals surface area contributed by atoms with Crippen molar-refractivity contribution in [1.82, 2.24) is 20.0 Å². The van der Waals surface area contributed by atoms with Gasteiger partial charge in [-0.25, -0.2) is 0 Å². The van der Waals surface area contributed by atoms with Crippen LogP contribution >= 0.6 is 0 Å². The Labute approximate surface area is 147 Å². The summed E-state index contributed by atoms with van der Waals surface area (Å²) in [4.78, 5) is 19.8. The lowest BCUT2D eigenvalue weighted by atomic mass is 9.94. The summed E-state index contributed by atoms with van der Waals surface area (Å²) in [6.07, 6.45) is 5.79. The van der Waals surface area contributed by atoms with Crippen LogP contribution in [0.25, 0.3) is 0 Å². The number of hydrogen-bond acceptors (Lipinski definition) is 4. The fraction of sp³-hybridized carbons (Fsp3) is 0.947. The first-order valence-corrected chi connectivity index (χ1v) is 10.1. The third-order valence-electron chi connectivity index (χ3n) is 6.46. The second-order valence-electron chi connectivity index (χ2n) is 8.13. The summed E-state index contributed by atoms with van der Waals surface area (Å²) in [6, 6.07) is 1.49. The molecule has 3 aliphatic rings. The molecule has 2 atom stereocenters. The Kier molecular flexibility index (Phi) is 6.53. The van der Waals surface area contributed by atoms with Crippen LogP contribution in [0.15, 0.2) is 0 Å². The van der Waals surface area contributed by atoms with Crippen LogP contribution in [0.3, 0.4) is 0 Å². The minimum absolute atomic E-state index is 0.392. The number of nitrogens with one attached hydrogen (secondary N) is 1. The van der Waals surface area contributed by atoms with Gasteiger partial charge in [-0.15, -0.1) is 0 Å². The molecule has 0 bridgehead atoms. The molecule has 0 aliphatic carbocycles. The summed E-state index contributed by atoms with van der Waals surface area (Å²) in [7, 11) is 0. The van der Waals surface area contributed by atoms with E-state index < -0.39 is 0 Å². The van der Waals surface area contributed by atoms with Gasteiger partial charge in [-0.1, -0.05) is 0 Å². The van der Waals surface area contributed by atoms with E-state index >= 15 is 0 Å². The van der Waals surface area contributed by atoms with Crippen molar-refractivity contribution in [2.45, 2.75) is 58.0 Å². The first-order chi connectivity index (χ1) is 11.6. The Balaban J connectivity index is 1.35. The molecule has 0 unspecified atom stereocenters. The molecule has 0 aromatic heterocycles. The zero-order valence-electron chi connectivity index (χ0n) is 15.7. The van der Waals surface area contributed by atoms with Crippen LogP contribution in [0.5, 0.6) is 0 Å². The molecule has 24 heavy (non-hydrogen) atoms. The monoisotopic (exact) mass is 336 g/mol. The Morgan fingerprint density at radius 3 is 2.17 bits per heavy atom. The third kappa shape index (κ3) is 4.70. The summed E-state index contributed by atoms with van der Waals surface area (Å²) in [5.41, 5.74) is 0. The van der Waals surface area contributed by atoms with Crippen LogP contribution in [0.2, 0.25) is 0 Å². The van der Waals surface area contributed by atoms with Gasteiger partial charge in [-0.05, 0) is 58.5 Å². The molecule has 0 radical (unpaired) electrons. The Bertz CT molecular complexity index is 392. The number of piperazine rings is 1. The minimum Gasteiger partial charge on any atom is -0.340 e. The van der Waals surface area contributed by atoms with Crippen molar-refractivity contribution >= 4 is 5.91 Å². The van der Waals surface area contributed by atoms with E-state index in [0.29, 0.717) is 11.8 Å². The van der Waals surface area contributed by atoms with Crippen molar-refractivity contribution < 1.29 is 4.79 Å². The molecular formula is C19H36N4O. The van der Waals surface area contributed by atoms with Gasteiger partial charge in [0.1, 0.15) is 0 Å². The highest BCUT2D eigenvalue weighted by molar-refractivity contribution is 5.76. The molecule has 5 nitrogen and oxygen atoms in total. The maximum absolute atomic E-state index is 12.5.